The molecule has 0 aliphatic rings. The second kappa shape index (κ2) is 9.91. The molecular formula is C23H28N2O5. The van der Waals surface area contributed by atoms with Gasteiger partial charge in [0.2, 0.25) is 0 Å². The molecule has 0 atom stereocenters. The number of carbonyl (C=O) groups is 2. The Balaban J connectivity index is 2.26. The van der Waals surface area contributed by atoms with Crippen molar-refractivity contribution in [2.75, 3.05) is 14.2 Å². The summed E-state index contributed by atoms with van der Waals surface area (Å²) in [7, 11) is 3.00. The molecule has 0 spiro atoms. The van der Waals surface area contributed by atoms with Gasteiger partial charge in [0, 0.05) is 12.0 Å². The Labute approximate surface area is 176 Å². The van der Waals surface area contributed by atoms with Gasteiger partial charge in [-0.25, -0.2) is 5.43 Å². The first-order valence-electron chi connectivity index (χ1n) is 9.57. The lowest BCUT2D eigenvalue weighted by atomic mass is 9.86. The molecule has 0 saturated heterocycles. The second-order valence-electron chi connectivity index (χ2n) is 7.79. The number of benzene rings is 2. The highest BCUT2D eigenvalue weighted by molar-refractivity contribution is 6.03. The Morgan fingerprint density at radius 1 is 0.933 bits per heavy atom. The minimum absolute atomic E-state index is 0.00145. The highest BCUT2D eigenvalue weighted by Gasteiger charge is 2.15. The van der Waals surface area contributed by atoms with E-state index in [9.17, 15) is 9.59 Å². The number of nitrogens with one attached hydrogen (secondary N) is 1. The highest BCUT2D eigenvalue weighted by Crippen LogP contribution is 2.27. The number of rotatable bonds is 8. The molecule has 0 heterocycles. The van der Waals surface area contributed by atoms with Crippen molar-refractivity contribution in [3.8, 4) is 11.5 Å². The van der Waals surface area contributed by atoms with E-state index in [1.54, 1.807) is 18.2 Å². The summed E-state index contributed by atoms with van der Waals surface area (Å²) in [4.78, 5) is 23.6. The van der Waals surface area contributed by atoms with Crippen molar-refractivity contribution in [1.29, 1.82) is 0 Å². The van der Waals surface area contributed by atoms with E-state index in [0.29, 0.717) is 22.8 Å². The highest BCUT2D eigenvalue weighted by atomic mass is 16.5. The van der Waals surface area contributed by atoms with Crippen LogP contribution in [0.2, 0.25) is 0 Å². The number of aliphatic carboxylic acids is 1. The summed E-state index contributed by atoms with van der Waals surface area (Å²) in [6.45, 7) is 6.35. The van der Waals surface area contributed by atoms with Gasteiger partial charge in [-0.3, -0.25) is 9.59 Å². The van der Waals surface area contributed by atoms with Crippen LogP contribution in [0.5, 0.6) is 11.5 Å². The van der Waals surface area contributed by atoms with Crippen LogP contribution >= 0.6 is 0 Å². The molecule has 0 unspecified atom stereocenters. The molecule has 0 bridgehead atoms. The summed E-state index contributed by atoms with van der Waals surface area (Å²) >= 11 is 0. The minimum Gasteiger partial charge on any atom is -0.493 e. The first-order valence-corrected chi connectivity index (χ1v) is 9.57. The first kappa shape index (κ1) is 22.9. The lowest BCUT2D eigenvalue weighted by molar-refractivity contribution is -0.136. The van der Waals surface area contributed by atoms with Gasteiger partial charge in [0.15, 0.2) is 11.5 Å². The number of ether oxygens (including phenoxy) is 2. The zero-order chi connectivity index (χ0) is 22.3. The lowest BCUT2D eigenvalue weighted by Crippen LogP contribution is -2.21. The maximum atomic E-state index is 12.5. The van der Waals surface area contributed by atoms with E-state index in [2.05, 4.69) is 31.3 Å². The van der Waals surface area contributed by atoms with Gasteiger partial charge < -0.3 is 14.6 Å². The molecule has 7 nitrogen and oxygen atoms in total. The van der Waals surface area contributed by atoms with Crippen LogP contribution in [0.15, 0.2) is 47.6 Å². The Kier molecular flexibility index (Phi) is 7.58. The fraction of sp³-hybridized carbons (Fsp3) is 0.348. The van der Waals surface area contributed by atoms with E-state index in [4.69, 9.17) is 14.6 Å². The zero-order valence-corrected chi connectivity index (χ0v) is 18.0. The van der Waals surface area contributed by atoms with Gasteiger partial charge >= 0.3 is 5.97 Å². The van der Waals surface area contributed by atoms with Crippen LogP contribution in [0.3, 0.4) is 0 Å². The molecule has 0 radical (unpaired) electrons. The molecule has 2 N–H and O–H groups in total. The third-order valence-corrected chi connectivity index (χ3v) is 4.60. The van der Waals surface area contributed by atoms with Crippen LogP contribution in [0.25, 0.3) is 0 Å². The normalized spacial score (nSPS) is 11.7. The van der Waals surface area contributed by atoms with Crippen LogP contribution in [0, 0.1) is 0 Å². The van der Waals surface area contributed by atoms with Crippen molar-refractivity contribution in [3.05, 3.63) is 59.2 Å². The molecule has 30 heavy (non-hydrogen) atoms. The molecule has 2 aromatic rings. The quantitative estimate of drug-likeness (QED) is 0.505. The molecule has 0 saturated carbocycles. The maximum Gasteiger partial charge on any atom is 0.303 e. The first-order chi connectivity index (χ1) is 14.2. The summed E-state index contributed by atoms with van der Waals surface area (Å²) < 4.78 is 10.4. The largest absolute Gasteiger partial charge is 0.493 e. The van der Waals surface area contributed by atoms with Gasteiger partial charge in [0.05, 0.1) is 26.4 Å². The van der Waals surface area contributed by atoms with Crippen LogP contribution < -0.4 is 14.9 Å². The third kappa shape index (κ3) is 6.07. The van der Waals surface area contributed by atoms with E-state index in [1.165, 1.54) is 14.2 Å². The standard InChI is InChI=1S/C23H28N2O5/c1-23(2,3)17-9-6-15(7-10-17)18(11-13-21(26)27)24-25-22(28)16-8-12-19(29-4)20(14-16)30-5/h6-10,12,14H,11,13H2,1-5H3,(H,25,28)(H,26,27)/b24-18-. The smallest absolute Gasteiger partial charge is 0.303 e. The fourth-order valence-corrected chi connectivity index (χ4v) is 2.81. The summed E-state index contributed by atoms with van der Waals surface area (Å²) in [5.74, 6) is -0.424. The Bertz CT molecular complexity index is 928. The van der Waals surface area contributed by atoms with Crippen molar-refractivity contribution in [2.24, 2.45) is 5.10 Å². The molecule has 0 aliphatic carbocycles. The topological polar surface area (TPSA) is 97.2 Å². The van der Waals surface area contributed by atoms with E-state index in [0.717, 1.165) is 11.1 Å². The molecule has 2 aromatic carbocycles. The zero-order valence-electron chi connectivity index (χ0n) is 18.0. The Morgan fingerprint density at radius 2 is 1.53 bits per heavy atom. The molecule has 160 valence electrons. The van der Waals surface area contributed by atoms with E-state index < -0.39 is 11.9 Å². The average molecular weight is 412 g/mol. The number of carboxylic acid groups (broad SMARTS) is 1. The van der Waals surface area contributed by atoms with Gasteiger partial charge in [-0.15, -0.1) is 0 Å². The molecule has 0 fully saturated rings. The number of hydrazone groups is 1. The van der Waals surface area contributed by atoms with Crippen LogP contribution in [0.1, 0.15) is 55.1 Å². The van der Waals surface area contributed by atoms with E-state index in [-0.39, 0.29) is 18.3 Å². The van der Waals surface area contributed by atoms with Crippen molar-refractivity contribution in [1.82, 2.24) is 5.43 Å². The molecule has 1 amide bonds. The second-order valence-corrected chi connectivity index (χ2v) is 7.79. The molecule has 0 aromatic heterocycles. The van der Waals surface area contributed by atoms with Crippen LogP contribution in [-0.4, -0.2) is 36.9 Å². The average Bonchev–Trinajstić information content (AvgIpc) is 2.72. The van der Waals surface area contributed by atoms with Gasteiger partial charge in [0.1, 0.15) is 0 Å². The summed E-state index contributed by atoms with van der Waals surface area (Å²) in [5, 5.41) is 13.3. The van der Waals surface area contributed by atoms with Gasteiger partial charge in [-0.05, 0) is 34.7 Å². The monoisotopic (exact) mass is 412 g/mol. The minimum atomic E-state index is -0.930. The van der Waals surface area contributed by atoms with Crippen molar-refractivity contribution in [3.63, 3.8) is 0 Å². The molecular weight excluding hydrogens is 384 g/mol. The third-order valence-electron chi connectivity index (χ3n) is 4.60. The lowest BCUT2D eigenvalue weighted by Gasteiger charge is -2.19. The predicted octanol–water partition coefficient (Wildman–Crippen LogP) is 4.00. The number of hydrogen-bond donors (Lipinski definition) is 2. The van der Waals surface area contributed by atoms with E-state index in [1.807, 2.05) is 24.3 Å². The van der Waals surface area contributed by atoms with Crippen molar-refractivity contribution < 1.29 is 24.2 Å². The van der Waals surface area contributed by atoms with E-state index >= 15 is 0 Å². The van der Waals surface area contributed by atoms with Gasteiger partial charge in [-0.2, -0.15) is 5.10 Å². The van der Waals surface area contributed by atoms with Gasteiger partial charge in [-0.1, -0.05) is 45.0 Å². The Hall–Kier alpha value is -3.35. The summed E-state index contributed by atoms with van der Waals surface area (Å²) in [6, 6.07) is 12.5. The fourth-order valence-electron chi connectivity index (χ4n) is 2.81. The summed E-state index contributed by atoms with van der Waals surface area (Å²) in [5.41, 5.74) is 5.26. The predicted molar refractivity (Wildman–Crippen MR) is 116 cm³/mol. The molecule has 2 rings (SSSR count). The van der Waals surface area contributed by atoms with Crippen molar-refractivity contribution in [2.45, 2.75) is 39.0 Å². The summed E-state index contributed by atoms with van der Waals surface area (Å²) in [6.07, 6.45) is 0.0997. The number of nitrogens with zero attached hydrogens (tertiary/aromatic N) is 1. The van der Waals surface area contributed by atoms with Crippen LogP contribution in [0.4, 0.5) is 0 Å². The van der Waals surface area contributed by atoms with Crippen molar-refractivity contribution >= 4 is 17.6 Å². The number of hydrogen-bond acceptors (Lipinski definition) is 5. The number of amides is 1. The Morgan fingerprint density at radius 3 is 2.07 bits per heavy atom. The molecule has 7 heteroatoms. The van der Waals surface area contributed by atoms with Crippen LogP contribution in [-0.2, 0) is 10.2 Å². The number of methoxy groups -OCH3 is 2. The SMILES string of the molecule is COc1ccc(C(=O)N/N=C(/CCC(=O)O)c2ccc(C(C)(C)C)cc2)cc1OC. The molecule has 0 aliphatic heterocycles. The maximum absolute atomic E-state index is 12.5. The number of carbonyl (C=O) groups excluding carboxylic acids is 1. The van der Waals surface area contributed by atoms with Gasteiger partial charge in [0.25, 0.3) is 5.91 Å². The number of carboxylic acids is 1.